The molecule has 0 aromatic heterocycles. The number of carbonyl (C=O) groups excluding carboxylic acids is 2. The molecule has 0 atom stereocenters. The summed E-state index contributed by atoms with van der Waals surface area (Å²) in [6.45, 7) is 1.67. The van der Waals surface area contributed by atoms with Crippen molar-refractivity contribution in [1.82, 2.24) is 5.43 Å². The topological polar surface area (TPSA) is 126 Å². The molecule has 5 aromatic rings. The molecule has 12 heteroatoms. The highest BCUT2D eigenvalue weighted by Crippen LogP contribution is 2.31. The fourth-order valence-electron chi connectivity index (χ4n) is 4.70. The van der Waals surface area contributed by atoms with E-state index in [2.05, 4.69) is 15.8 Å². The van der Waals surface area contributed by atoms with Gasteiger partial charge in [0.15, 0.2) is 6.61 Å². The number of ether oxygens (including phenoxy) is 2. The summed E-state index contributed by atoms with van der Waals surface area (Å²) >= 11 is 6.26. The number of hydrogen-bond donors (Lipinski definition) is 2. The molecule has 0 aliphatic carbocycles. The van der Waals surface area contributed by atoms with Crippen molar-refractivity contribution >= 4 is 51.0 Å². The summed E-state index contributed by atoms with van der Waals surface area (Å²) in [6, 6.07) is 33.7. The SMILES string of the molecule is COc1ccc(NC(=O)COc2ccc(/C=N/NC(=O)c3ccc(CN(c4cc(Cl)ccc4C)S(=O)(=O)c4ccccc4)cc3)cc2)cc1. The number of hydrogen-bond acceptors (Lipinski definition) is 7. The predicted molar refractivity (Wildman–Crippen MR) is 191 cm³/mol. The molecule has 10 nitrogen and oxygen atoms in total. The quantitative estimate of drug-likeness (QED) is 0.103. The van der Waals surface area contributed by atoms with Gasteiger partial charge in [-0.2, -0.15) is 5.10 Å². The van der Waals surface area contributed by atoms with Crippen molar-refractivity contribution in [3.63, 3.8) is 0 Å². The molecule has 2 amide bonds. The molecule has 49 heavy (non-hydrogen) atoms. The molecule has 0 saturated carbocycles. The highest BCUT2D eigenvalue weighted by Gasteiger charge is 2.26. The highest BCUT2D eigenvalue weighted by molar-refractivity contribution is 7.92. The first kappa shape index (κ1) is 34.7. The lowest BCUT2D eigenvalue weighted by atomic mass is 10.1. The van der Waals surface area contributed by atoms with E-state index in [0.717, 1.165) is 5.56 Å². The summed E-state index contributed by atoms with van der Waals surface area (Å²) in [5.41, 5.74) is 6.03. The maximum absolute atomic E-state index is 13.7. The van der Waals surface area contributed by atoms with Crippen LogP contribution in [0.25, 0.3) is 0 Å². The largest absolute Gasteiger partial charge is 0.497 e. The van der Waals surface area contributed by atoms with Gasteiger partial charge >= 0.3 is 0 Å². The summed E-state index contributed by atoms with van der Waals surface area (Å²) in [5.74, 6) is 0.435. The lowest BCUT2D eigenvalue weighted by molar-refractivity contribution is -0.118. The molecule has 0 radical (unpaired) electrons. The summed E-state index contributed by atoms with van der Waals surface area (Å²) in [7, 11) is -2.36. The minimum Gasteiger partial charge on any atom is -0.497 e. The first-order valence-electron chi connectivity index (χ1n) is 15.1. The maximum Gasteiger partial charge on any atom is 0.271 e. The number of methoxy groups -OCH3 is 1. The molecule has 0 saturated heterocycles. The maximum atomic E-state index is 13.7. The molecular formula is C37H33ClN4O6S. The lowest BCUT2D eigenvalue weighted by Crippen LogP contribution is -2.31. The van der Waals surface area contributed by atoms with E-state index in [4.69, 9.17) is 21.1 Å². The number of amides is 2. The van der Waals surface area contributed by atoms with Crippen molar-refractivity contribution in [1.29, 1.82) is 0 Å². The Kier molecular flexibility index (Phi) is 11.3. The van der Waals surface area contributed by atoms with Gasteiger partial charge in [-0.15, -0.1) is 0 Å². The Morgan fingerprint density at radius 1 is 0.857 bits per heavy atom. The van der Waals surface area contributed by atoms with Crippen LogP contribution in [0.1, 0.15) is 27.0 Å². The second kappa shape index (κ2) is 16.0. The molecule has 250 valence electrons. The number of carbonyl (C=O) groups is 2. The van der Waals surface area contributed by atoms with Gasteiger partial charge in [-0.1, -0.05) is 48.0 Å². The monoisotopic (exact) mass is 696 g/mol. The average molecular weight is 697 g/mol. The number of halogens is 1. The van der Waals surface area contributed by atoms with E-state index in [-0.39, 0.29) is 24.0 Å². The zero-order valence-corrected chi connectivity index (χ0v) is 28.2. The van der Waals surface area contributed by atoms with Crippen LogP contribution < -0.4 is 24.5 Å². The van der Waals surface area contributed by atoms with Crippen LogP contribution in [0.4, 0.5) is 11.4 Å². The van der Waals surface area contributed by atoms with Crippen LogP contribution >= 0.6 is 11.6 Å². The highest BCUT2D eigenvalue weighted by atomic mass is 35.5. The van der Waals surface area contributed by atoms with Gasteiger partial charge in [0.1, 0.15) is 11.5 Å². The van der Waals surface area contributed by atoms with Crippen LogP contribution in [-0.2, 0) is 21.4 Å². The van der Waals surface area contributed by atoms with Gasteiger partial charge in [0.25, 0.3) is 21.8 Å². The average Bonchev–Trinajstić information content (AvgIpc) is 3.12. The Hall–Kier alpha value is -5.65. The molecule has 0 heterocycles. The van der Waals surface area contributed by atoms with E-state index in [1.165, 1.54) is 10.5 Å². The molecule has 5 rings (SSSR count). The standard InChI is InChI=1S/C37H33ClN4O6S/c1-26-8-15-30(38)22-35(26)42(49(45,46)34-6-4-3-5-7-34)24-28-9-13-29(14-10-28)37(44)41-39-23-27-11-18-33(19-12-27)48-25-36(43)40-31-16-20-32(47-2)21-17-31/h3-23H,24-25H2,1-2H3,(H,40,43)(H,41,44)/b39-23+. The number of hydrazone groups is 1. The van der Waals surface area contributed by atoms with Gasteiger partial charge in [0.05, 0.1) is 30.5 Å². The number of rotatable bonds is 13. The third kappa shape index (κ3) is 9.25. The van der Waals surface area contributed by atoms with E-state index in [1.807, 2.05) is 6.92 Å². The van der Waals surface area contributed by atoms with Crippen LogP contribution in [-0.4, -0.2) is 40.2 Å². The van der Waals surface area contributed by atoms with Gasteiger partial charge in [-0.25, -0.2) is 13.8 Å². The smallest absolute Gasteiger partial charge is 0.271 e. The van der Waals surface area contributed by atoms with Crippen LogP contribution in [0.3, 0.4) is 0 Å². The molecule has 0 aliphatic rings. The van der Waals surface area contributed by atoms with Crippen molar-refractivity contribution in [2.45, 2.75) is 18.4 Å². The Balaban J connectivity index is 1.16. The molecule has 0 aliphatic heterocycles. The zero-order chi connectivity index (χ0) is 34.8. The van der Waals surface area contributed by atoms with Crippen molar-refractivity contribution in [3.05, 3.63) is 149 Å². The molecule has 0 fully saturated rings. The Bertz CT molecular complexity index is 2040. The number of nitrogens with one attached hydrogen (secondary N) is 2. The minimum atomic E-state index is -3.93. The molecule has 0 spiro atoms. The van der Waals surface area contributed by atoms with Gasteiger partial charge in [-0.05, 0) is 109 Å². The third-order valence-electron chi connectivity index (χ3n) is 7.32. The number of nitrogens with zero attached hydrogens (tertiary/aromatic N) is 2. The molecule has 0 bridgehead atoms. The van der Waals surface area contributed by atoms with Crippen molar-refractivity contribution in [2.75, 3.05) is 23.3 Å². The van der Waals surface area contributed by atoms with Crippen LogP contribution in [0, 0.1) is 6.92 Å². The summed E-state index contributed by atoms with van der Waals surface area (Å²) in [6.07, 6.45) is 1.48. The van der Waals surface area contributed by atoms with Crippen molar-refractivity contribution < 1.29 is 27.5 Å². The van der Waals surface area contributed by atoms with E-state index >= 15 is 0 Å². The molecule has 2 N–H and O–H groups in total. The molecule has 0 unspecified atom stereocenters. The van der Waals surface area contributed by atoms with E-state index < -0.39 is 15.9 Å². The normalized spacial score (nSPS) is 11.2. The Labute approximate surface area is 290 Å². The van der Waals surface area contributed by atoms with Crippen molar-refractivity contribution in [2.24, 2.45) is 5.10 Å². The first-order valence-corrected chi connectivity index (χ1v) is 16.9. The number of anilines is 2. The second-order valence-electron chi connectivity index (χ2n) is 10.8. The predicted octanol–water partition coefficient (Wildman–Crippen LogP) is 6.83. The van der Waals surface area contributed by atoms with Crippen molar-refractivity contribution in [3.8, 4) is 11.5 Å². The summed E-state index contributed by atoms with van der Waals surface area (Å²) in [5, 5.41) is 7.20. The summed E-state index contributed by atoms with van der Waals surface area (Å²) in [4.78, 5) is 25.1. The van der Waals surface area contributed by atoms with Crippen LogP contribution in [0.2, 0.25) is 5.02 Å². The fourth-order valence-corrected chi connectivity index (χ4v) is 6.39. The van der Waals surface area contributed by atoms with E-state index in [0.29, 0.717) is 44.6 Å². The third-order valence-corrected chi connectivity index (χ3v) is 9.33. The lowest BCUT2D eigenvalue weighted by Gasteiger charge is -2.26. The molecular weight excluding hydrogens is 664 g/mol. The Morgan fingerprint density at radius 2 is 1.53 bits per heavy atom. The van der Waals surface area contributed by atoms with Crippen LogP contribution in [0.15, 0.2) is 131 Å². The van der Waals surface area contributed by atoms with Gasteiger partial charge in [0.2, 0.25) is 0 Å². The number of sulfonamides is 1. The Morgan fingerprint density at radius 3 is 2.20 bits per heavy atom. The van der Waals surface area contributed by atoms with Crippen LogP contribution in [0.5, 0.6) is 11.5 Å². The number of benzene rings is 5. The number of aryl methyl sites for hydroxylation is 1. The molecule has 5 aromatic carbocycles. The first-order chi connectivity index (χ1) is 23.6. The van der Waals surface area contributed by atoms with E-state index in [1.54, 1.807) is 128 Å². The second-order valence-corrected chi connectivity index (χ2v) is 13.1. The van der Waals surface area contributed by atoms with Gasteiger partial charge < -0.3 is 14.8 Å². The van der Waals surface area contributed by atoms with Gasteiger partial charge in [-0.3, -0.25) is 13.9 Å². The summed E-state index contributed by atoms with van der Waals surface area (Å²) < 4.78 is 39.5. The minimum absolute atomic E-state index is 0.0194. The van der Waals surface area contributed by atoms with Gasteiger partial charge in [0, 0.05) is 16.3 Å². The van der Waals surface area contributed by atoms with E-state index in [9.17, 15) is 18.0 Å². The zero-order valence-electron chi connectivity index (χ0n) is 26.7. The fraction of sp³-hybridized carbons (Fsp3) is 0.108.